The molecule has 0 spiro atoms. The summed E-state index contributed by atoms with van der Waals surface area (Å²) in [6.07, 6.45) is 0. The maximum atomic E-state index is 12.4. The first-order chi connectivity index (χ1) is 12.1. The highest BCUT2D eigenvalue weighted by Crippen LogP contribution is 2.34. The minimum atomic E-state index is -3.64. The summed E-state index contributed by atoms with van der Waals surface area (Å²) in [5.74, 6) is 0.109. The first-order valence-corrected chi connectivity index (χ1v) is 10.0. The molecule has 2 aromatic rings. The van der Waals surface area contributed by atoms with Gasteiger partial charge in [-0.15, -0.1) is 0 Å². The van der Waals surface area contributed by atoms with Crippen LogP contribution < -0.4 is 14.8 Å². The summed E-state index contributed by atoms with van der Waals surface area (Å²) in [4.78, 5) is 12.2. The smallest absolute Gasteiger partial charge is 0.236 e. The molecule has 138 valence electrons. The topological polar surface area (TPSA) is 84.5 Å². The Morgan fingerprint density at radius 3 is 2.73 bits per heavy atom. The molecule has 0 atom stereocenters. The van der Waals surface area contributed by atoms with Gasteiger partial charge in [-0.25, -0.2) is 8.42 Å². The SMILES string of the molecule is CC1(C)COc2ccc(NS(=O)(=O)Cc3cccc(Cl)c3)cc2NC1=O. The molecule has 1 aliphatic heterocycles. The second kappa shape index (κ2) is 6.81. The lowest BCUT2D eigenvalue weighted by atomic mass is 9.94. The number of amides is 1. The normalized spacial score (nSPS) is 16.0. The Hall–Kier alpha value is -2.25. The molecule has 1 amide bonds. The van der Waals surface area contributed by atoms with E-state index in [1.807, 2.05) is 0 Å². The van der Waals surface area contributed by atoms with Gasteiger partial charge >= 0.3 is 0 Å². The average Bonchev–Trinajstić information content (AvgIpc) is 2.63. The van der Waals surface area contributed by atoms with Crippen molar-refractivity contribution in [2.24, 2.45) is 5.41 Å². The Morgan fingerprint density at radius 2 is 2.00 bits per heavy atom. The van der Waals surface area contributed by atoms with Gasteiger partial charge in [0, 0.05) is 5.02 Å². The Morgan fingerprint density at radius 1 is 1.23 bits per heavy atom. The lowest BCUT2D eigenvalue weighted by Gasteiger charge is -2.18. The summed E-state index contributed by atoms with van der Waals surface area (Å²) in [7, 11) is -3.64. The van der Waals surface area contributed by atoms with Crippen molar-refractivity contribution in [2.75, 3.05) is 16.6 Å². The van der Waals surface area contributed by atoms with Gasteiger partial charge in [0.1, 0.15) is 12.4 Å². The van der Waals surface area contributed by atoms with Crippen LogP contribution in [0.4, 0.5) is 11.4 Å². The van der Waals surface area contributed by atoms with Gasteiger partial charge in [-0.05, 0) is 49.7 Å². The number of hydrogen-bond acceptors (Lipinski definition) is 4. The van der Waals surface area contributed by atoms with Crippen LogP contribution in [-0.2, 0) is 20.6 Å². The third-order valence-corrected chi connectivity index (χ3v) is 5.45. The van der Waals surface area contributed by atoms with E-state index in [9.17, 15) is 13.2 Å². The monoisotopic (exact) mass is 394 g/mol. The van der Waals surface area contributed by atoms with Crippen molar-refractivity contribution < 1.29 is 17.9 Å². The number of rotatable bonds is 4. The van der Waals surface area contributed by atoms with Crippen molar-refractivity contribution in [2.45, 2.75) is 19.6 Å². The highest BCUT2D eigenvalue weighted by atomic mass is 35.5. The summed E-state index contributed by atoms with van der Waals surface area (Å²) in [6.45, 7) is 3.80. The third-order valence-electron chi connectivity index (χ3n) is 3.95. The highest BCUT2D eigenvalue weighted by molar-refractivity contribution is 7.91. The maximum Gasteiger partial charge on any atom is 0.236 e. The fraction of sp³-hybridized carbons (Fsp3) is 0.278. The summed E-state index contributed by atoms with van der Waals surface area (Å²) < 4.78 is 33.0. The number of hydrogen-bond donors (Lipinski definition) is 2. The van der Waals surface area contributed by atoms with Gasteiger partial charge in [-0.2, -0.15) is 0 Å². The van der Waals surface area contributed by atoms with Gasteiger partial charge in [0.05, 0.1) is 22.5 Å². The number of carbonyl (C=O) groups is 1. The van der Waals surface area contributed by atoms with Gasteiger partial charge in [0.25, 0.3) is 0 Å². The van der Waals surface area contributed by atoms with Crippen LogP contribution in [0.15, 0.2) is 42.5 Å². The van der Waals surface area contributed by atoms with E-state index in [1.165, 1.54) is 0 Å². The third kappa shape index (κ3) is 4.28. The summed E-state index contributed by atoms with van der Waals surface area (Å²) in [5.41, 5.74) is 0.682. The fourth-order valence-electron chi connectivity index (χ4n) is 2.49. The lowest BCUT2D eigenvalue weighted by molar-refractivity contribution is -0.124. The molecule has 0 fully saturated rings. The molecule has 3 rings (SSSR count). The van der Waals surface area contributed by atoms with E-state index >= 15 is 0 Å². The number of halogens is 1. The quantitative estimate of drug-likeness (QED) is 0.829. The average molecular weight is 395 g/mol. The molecule has 1 heterocycles. The molecule has 2 N–H and O–H groups in total. The van der Waals surface area contributed by atoms with E-state index in [4.69, 9.17) is 16.3 Å². The zero-order valence-electron chi connectivity index (χ0n) is 14.4. The number of fused-ring (bicyclic) bond motifs is 1. The number of sulfonamides is 1. The van der Waals surface area contributed by atoms with Crippen LogP contribution in [0.1, 0.15) is 19.4 Å². The molecule has 26 heavy (non-hydrogen) atoms. The molecule has 0 saturated carbocycles. The summed E-state index contributed by atoms with van der Waals surface area (Å²) in [6, 6.07) is 11.5. The van der Waals surface area contributed by atoms with Crippen molar-refractivity contribution in [3.63, 3.8) is 0 Å². The molecule has 0 aliphatic carbocycles. The largest absolute Gasteiger partial charge is 0.490 e. The van der Waals surface area contributed by atoms with E-state index in [1.54, 1.807) is 56.3 Å². The Balaban J connectivity index is 1.80. The van der Waals surface area contributed by atoms with E-state index in [0.29, 0.717) is 27.7 Å². The number of ether oxygens (including phenoxy) is 1. The number of anilines is 2. The van der Waals surface area contributed by atoms with Gasteiger partial charge in [-0.1, -0.05) is 23.7 Å². The second-order valence-electron chi connectivity index (χ2n) is 6.83. The van der Waals surface area contributed by atoms with Crippen molar-refractivity contribution in [3.8, 4) is 5.75 Å². The zero-order chi connectivity index (χ0) is 18.9. The first-order valence-electron chi connectivity index (χ1n) is 7.98. The number of benzene rings is 2. The predicted octanol–water partition coefficient (Wildman–Crippen LogP) is 3.64. The molecule has 0 aromatic heterocycles. The molecule has 6 nitrogen and oxygen atoms in total. The van der Waals surface area contributed by atoms with Crippen LogP contribution in [0.5, 0.6) is 5.75 Å². The highest BCUT2D eigenvalue weighted by Gasteiger charge is 2.32. The molecule has 8 heteroatoms. The predicted molar refractivity (Wildman–Crippen MR) is 102 cm³/mol. The van der Waals surface area contributed by atoms with Crippen molar-refractivity contribution in [3.05, 3.63) is 53.1 Å². The summed E-state index contributed by atoms with van der Waals surface area (Å²) in [5, 5.41) is 3.26. The van der Waals surface area contributed by atoms with Crippen molar-refractivity contribution in [1.82, 2.24) is 0 Å². The number of carbonyl (C=O) groups excluding carboxylic acids is 1. The number of nitrogens with one attached hydrogen (secondary N) is 2. The van der Waals surface area contributed by atoms with Gasteiger partial charge < -0.3 is 10.1 Å². The molecular weight excluding hydrogens is 376 g/mol. The van der Waals surface area contributed by atoms with E-state index in [-0.39, 0.29) is 18.3 Å². The van der Waals surface area contributed by atoms with Crippen molar-refractivity contribution in [1.29, 1.82) is 0 Å². The summed E-state index contributed by atoms with van der Waals surface area (Å²) >= 11 is 5.90. The Bertz CT molecular complexity index is 957. The molecule has 0 saturated heterocycles. The molecule has 2 aromatic carbocycles. The van der Waals surface area contributed by atoms with Crippen LogP contribution >= 0.6 is 11.6 Å². The molecule has 0 unspecified atom stereocenters. The molecule has 1 aliphatic rings. The Labute approximate surface area is 157 Å². The van der Waals surface area contributed by atoms with Gasteiger partial charge in [0.15, 0.2) is 0 Å². The standard InChI is InChI=1S/C18H19ClN2O4S/c1-18(2)11-25-16-7-6-14(9-15(16)20-17(18)22)21-26(23,24)10-12-4-3-5-13(19)8-12/h3-9,21H,10-11H2,1-2H3,(H,20,22). The molecule has 0 radical (unpaired) electrons. The van der Waals surface area contributed by atoms with E-state index in [2.05, 4.69) is 10.0 Å². The maximum absolute atomic E-state index is 12.4. The van der Waals surface area contributed by atoms with Crippen LogP contribution in [0.25, 0.3) is 0 Å². The molecular formula is C18H19ClN2O4S. The van der Waals surface area contributed by atoms with Crippen molar-refractivity contribution >= 4 is 38.9 Å². The van der Waals surface area contributed by atoms with Crippen LogP contribution in [-0.4, -0.2) is 20.9 Å². The lowest BCUT2D eigenvalue weighted by Crippen LogP contribution is -2.33. The van der Waals surface area contributed by atoms with Crippen LogP contribution in [0.3, 0.4) is 0 Å². The van der Waals surface area contributed by atoms with E-state index < -0.39 is 15.4 Å². The van der Waals surface area contributed by atoms with Gasteiger partial charge in [-0.3, -0.25) is 9.52 Å². The molecule has 0 bridgehead atoms. The fourth-order valence-corrected chi connectivity index (χ4v) is 3.88. The minimum absolute atomic E-state index is 0.185. The van der Waals surface area contributed by atoms with Crippen LogP contribution in [0.2, 0.25) is 5.02 Å². The van der Waals surface area contributed by atoms with Gasteiger partial charge in [0.2, 0.25) is 15.9 Å². The minimum Gasteiger partial charge on any atom is -0.490 e. The zero-order valence-corrected chi connectivity index (χ0v) is 15.9. The second-order valence-corrected chi connectivity index (χ2v) is 8.99. The van der Waals surface area contributed by atoms with E-state index in [0.717, 1.165) is 0 Å². The first kappa shape index (κ1) is 18.5. The van der Waals surface area contributed by atoms with Crippen LogP contribution in [0, 0.1) is 5.41 Å². The Kier molecular flexibility index (Phi) is 4.86.